The molecule has 31 heavy (non-hydrogen) atoms. The quantitative estimate of drug-likeness (QED) is 0.444. The van der Waals surface area contributed by atoms with Gasteiger partial charge in [0, 0.05) is 24.8 Å². The molecule has 1 aromatic heterocycles. The maximum Gasteiger partial charge on any atom is 0.252 e. The van der Waals surface area contributed by atoms with Gasteiger partial charge in [-0.25, -0.2) is 0 Å². The van der Waals surface area contributed by atoms with E-state index in [0.29, 0.717) is 17.9 Å². The molecule has 2 aromatic rings. The second kappa shape index (κ2) is 9.08. The minimum Gasteiger partial charge on any atom is -0.539 e. The summed E-state index contributed by atoms with van der Waals surface area (Å²) in [6.45, 7) is 3.51. The SMILES string of the molecule is CCN1C(=O)C(CC(=O)Nc2ccc(NC(C)=O)cc2)N(Cc2c([O-])on[n+]2C)C1=S. The van der Waals surface area contributed by atoms with Crippen LogP contribution in [0.1, 0.15) is 26.0 Å². The number of carbonyl (C=O) groups excluding carboxylic acids is 3. The number of nitrogens with one attached hydrogen (secondary N) is 2. The van der Waals surface area contributed by atoms with Crippen molar-refractivity contribution in [2.75, 3.05) is 17.2 Å². The number of thiocarbonyl (C=S) groups is 1. The van der Waals surface area contributed by atoms with Crippen LogP contribution >= 0.6 is 12.2 Å². The van der Waals surface area contributed by atoms with Crippen LogP contribution in [-0.2, 0) is 28.0 Å². The van der Waals surface area contributed by atoms with E-state index in [-0.39, 0.29) is 35.6 Å². The molecule has 1 atom stereocenters. The molecule has 12 heteroatoms. The van der Waals surface area contributed by atoms with Gasteiger partial charge in [-0.1, -0.05) is 4.68 Å². The Bertz CT molecular complexity index is 1000. The lowest BCUT2D eigenvalue weighted by Crippen LogP contribution is -2.42. The van der Waals surface area contributed by atoms with Gasteiger partial charge in [-0.3, -0.25) is 19.3 Å². The highest BCUT2D eigenvalue weighted by molar-refractivity contribution is 7.80. The van der Waals surface area contributed by atoms with Gasteiger partial charge in [-0.05, 0) is 43.4 Å². The molecule has 0 bridgehead atoms. The Morgan fingerprint density at radius 1 is 1.26 bits per heavy atom. The van der Waals surface area contributed by atoms with Crippen LogP contribution in [0.25, 0.3) is 0 Å². The Kier molecular flexibility index (Phi) is 6.49. The molecular formula is C19H22N6O5S. The number of likely N-dealkylation sites (N-methyl/N-ethyl adjacent to an activating group) is 1. The predicted octanol–water partition coefficient (Wildman–Crippen LogP) is -0.122. The fraction of sp³-hybridized carbons (Fsp3) is 0.368. The maximum atomic E-state index is 12.8. The Hall–Kier alpha value is -3.54. The van der Waals surface area contributed by atoms with Gasteiger partial charge in [0.05, 0.1) is 11.7 Å². The van der Waals surface area contributed by atoms with Gasteiger partial charge in [-0.15, -0.1) is 0 Å². The summed E-state index contributed by atoms with van der Waals surface area (Å²) in [5.74, 6) is -1.53. The van der Waals surface area contributed by atoms with Crippen LogP contribution in [0.15, 0.2) is 28.8 Å². The zero-order valence-electron chi connectivity index (χ0n) is 17.2. The van der Waals surface area contributed by atoms with E-state index in [1.807, 2.05) is 0 Å². The molecule has 0 aliphatic carbocycles. The number of aryl methyl sites for hydroxylation is 1. The highest BCUT2D eigenvalue weighted by Crippen LogP contribution is 2.24. The number of anilines is 2. The Morgan fingerprint density at radius 3 is 2.39 bits per heavy atom. The lowest BCUT2D eigenvalue weighted by atomic mass is 10.1. The molecule has 1 fully saturated rings. The highest BCUT2D eigenvalue weighted by Gasteiger charge is 2.44. The molecule has 0 radical (unpaired) electrons. The van der Waals surface area contributed by atoms with Crippen molar-refractivity contribution in [1.82, 2.24) is 15.1 Å². The molecule has 164 valence electrons. The summed E-state index contributed by atoms with van der Waals surface area (Å²) in [4.78, 5) is 39.5. The Labute approximate surface area is 183 Å². The van der Waals surface area contributed by atoms with Gasteiger partial charge in [-0.2, -0.15) is 0 Å². The van der Waals surface area contributed by atoms with Gasteiger partial charge >= 0.3 is 0 Å². The normalized spacial score (nSPS) is 16.0. The molecule has 0 spiro atoms. The van der Waals surface area contributed by atoms with Crippen LogP contribution in [0.3, 0.4) is 0 Å². The number of hydrogen-bond donors (Lipinski definition) is 2. The van der Waals surface area contributed by atoms with E-state index in [1.165, 1.54) is 21.4 Å². The minimum absolute atomic E-state index is 0.0106. The van der Waals surface area contributed by atoms with Crippen LogP contribution in [-0.4, -0.2) is 50.5 Å². The van der Waals surface area contributed by atoms with E-state index in [2.05, 4.69) is 20.4 Å². The predicted molar refractivity (Wildman–Crippen MR) is 110 cm³/mol. The summed E-state index contributed by atoms with van der Waals surface area (Å²) < 4.78 is 5.91. The minimum atomic E-state index is -0.861. The van der Waals surface area contributed by atoms with Crippen molar-refractivity contribution in [1.29, 1.82) is 0 Å². The third kappa shape index (κ3) is 4.79. The van der Waals surface area contributed by atoms with Gasteiger partial charge in [0.2, 0.25) is 11.8 Å². The molecule has 0 saturated carbocycles. The van der Waals surface area contributed by atoms with Crippen LogP contribution in [0.5, 0.6) is 5.95 Å². The zero-order valence-corrected chi connectivity index (χ0v) is 18.1. The van der Waals surface area contributed by atoms with Gasteiger partial charge < -0.3 is 25.2 Å². The first-order chi connectivity index (χ1) is 14.7. The van der Waals surface area contributed by atoms with Crippen LogP contribution in [0.4, 0.5) is 11.4 Å². The molecule has 3 amide bonds. The first kappa shape index (κ1) is 22.2. The monoisotopic (exact) mass is 446 g/mol. The second-order valence-corrected chi connectivity index (χ2v) is 7.32. The third-order valence-electron chi connectivity index (χ3n) is 4.78. The van der Waals surface area contributed by atoms with E-state index in [1.54, 1.807) is 38.2 Å². The molecule has 1 unspecified atom stereocenters. The van der Waals surface area contributed by atoms with Crippen molar-refractivity contribution in [3.8, 4) is 5.95 Å². The average molecular weight is 446 g/mol. The first-order valence-corrected chi connectivity index (χ1v) is 9.93. The standard InChI is InChI=1S/C19H21N6O5S/c1-4-24-17(28)14(25(19(24)31)10-15-18(29)30-22-23(15)3)9-16(27)21-13-7-5-12(6-8-13)20-11(2)26/h5-8,14,29H,4,9-10H2,1-3H3/q-1/p+1. The van der Waals surface area contributed by atoms with Gasteiger partial charge in [0.15, 0.2) is 18.1 Å². The van der Waals surface area contributed by atoms with E-state index in [9.17, 15) is 19.5 Å². The van der Waals surface area contributed by atoms with Gasteiger partial charge in [0.25, 0.3) is 11.6 Å². The summed E-state index contributed by atoms with van der Waals surface area (Å²) in [5, 5.41) is 21.1. The fourth-order valence-corrected chi connectivity index (χ4v) is 3.66. The molecule has 2 N–H and O–H groups in total. The summed E-state index contributed by atoms with van der Waals surface area (Å²) in [6, 6.07) is 5.72. The molecule has 1 saturated heterocycles. The lowest BCUT2D eigenvalue weighted by Gasteiger charge is -2.22. The smallest absolute Gasteiger partial charge is 0.252 e. The largest absolute Gasteiger partial charge is 0.539 e. The Balaban J connectivity index is 1.73. The second-order valence-electron chi connectivity index (χ2n) is 6.95. The number of benzene rings is 1. The van der Waals surface area contributed by atoms with Gasteiger partial charge in [0.1, 0.15) is 12.6 Å². The molecule has 11 nitrogen and oxygen atoms in total. The molecular weight excluding hydrogens is 424 g/mol. The fourth-order valence-electron chi connectivity index (χ4n) is 3.25. The van der Waals surface area contributed by atoms with E-state index >= 15 is 0 Å². The molecule has 2 heterocycles. The number of aromatic nitrogens is 2. The number of rotatable bonds is 7. The van der Waals surface area contributed by atoms with Crippen molar-refractivity contribution in [2.24, 2.45) is 7.05 Å². The Morgan fingerprint density at radius 2 is 1.87 bits per heavy atom. The highest BCUT2D eigenvalue weighted by atomic mass is 32.1. The molecule has 1 aromatic carbocycles. The van der Waals surface area contributed by atoms with E-state index < -0.39 is 17.9 Å². The summed E-state index contributed by atoms with van der Waals surface area (Å²) >= 11 is 5.41. The van der Waals surface area contributed by atoms with Crippen LogP contribution in [0.2, 0.25) is 0 Å². The molecule has 1 aliphatic rings. The molecule has 3 rings (SSSR count). The van der Waals surface area contributed by atoms with Crippen molar-refractivity contribution in [2.45, 2.75) is 32.9 Å². The average Bonchev–Trinajstić information content (AvgIpc) is 3.14. The summed E-state index contributed by atoms with van der Waals surface area (Å²) in [6.07, 6.45) is -0.161. The van der Waals surface area contributed by atoms with Crippen LogP contribution < -0.4 is 20.4 Å². The number of hydrogen-bond acceptors (Lipinski definition) is 7. The number of carbonyl (C=O) groups is 3. The topological polar surface area (TPSA) is 135 Å². The van der Waals surface area contributed by atoms with Crippen molar-refractivity contribution >= 4 is 46.4 Å². The number of amides is 3. The van der Waals surface area contributed by atoms with E-state index in [0.717, 1.165) is 0 Å². The van der Waals surface area contributed by atoms with Crippen molar-refractivity contribution < 1.29 is 28.7 Å². The molecule has 1 aliphatic heterocycles. The van der Waals surface area contributed by atoms with Crippen molar-refractivity contribution in [3.05, 3.63) is 30.0 Å². The van der Waals surface area contributed by atoms with Crippen LogP contribution in [0, 0.1) is 0 Å². The van der Waals surface area contributed by atoms with E-state index in [4.69, 9.17) is 12.2 Å². The number of nitrogens with zero attached hydrogens (tertiary/aromatic N) is 4. The first-order valence-electron chi connectivity index (χ1n) is 9.52. The van der Waals surface area contributed by atoms with Crippen molar-refractivity contribution in [3.63, 3.8) is 0 Å². The maximum absolute atomic E-state index is 12.8. The lowest BCUT2D eigenvalue weighted by molar-refractivity contribution is -0.746. The summed E-state index contributed by atoms with van der Waals surface area (Å²) in [7, 11) is 1.55. The zero-order chi connectivity index (χ0) is 22.7. The third-order valence-corrected chi connectivity index (χ3v) is 5.24. The summed E-state index contributed by atoms with van der Waals surface area (Å²) in [5.41, 5.74) is 1.33.